The molecule has 0 unspecified atom stereocenters. The lowest BCUT2D eigenvalue weighted by Gasteiger charge is -2.23. The fraction of sp³-hybridized carbons (Fsp3) is 0.250. The lowest BCUT2D eigenvalue weighted by Crippen LogP contribution is -2.30. The van der Waals surface area contributed by atoms with Crippen LogP contribution in [0.1, 0.15) is 38.3 Å². The lowest BCUT2D eigenvalue weighted by molar-refractivity contribution is -0.385. The topological polar surface area (TPSA) is 198 Å². The fourth-order valence-electron chi connectivity index (χ4n) is 2.07. The Morgan fingerprint density at radius 3 is 2.00 bits per heavy atom. The van der Waals surface area contributed by atoms with Gasteiger partial charge in [-0.25, -0.2) is 4.79 Å². The highest BCUT2D eigenvalue weighted by Gasteiger charge is 2.21. The summed E-state index contributed by atoms with van der Waals surface area (Å²) in [6, 6.07) is 11.0. The molecule has 0 heterocycles. The maximum atomic E-state index is 11.7. The molecule has 0 bridgehead atoms. The third-order valence-corrected chi connectivity index (χ3v) is 4.16. The Morgan fingerprint density at radius 2 is 1.56 bits per heavy atom. The Labute approximate surface area is 183 Å². The average molecular weight is 440 g/mol. The molecule has 1 amide bonds. The number of amides is 1. The number of nitriles is 2. The number of ether oxygens (including phenoxy) is 1. The molecule has 0 aliphatic rings. The molecule has 12 nitrogen and oxygen atoms in total. The van der Waals surface area contributed by atoms with Crippen LogP contribution in [0.25, 0.3) is 0 Å². The fourth-order valence-corrected chi connectivity index (χ4v) is 2.07. The Morgan fingerprint density at radius 1 is 1.06 bits per heavy atom. The first kappa shape index (κ1) is 25.3. The first-order valence-corrected chi connectivity index (χ1v) is 9.06. The number of nitrogen functional groups attached to an aromatic ring is 1. The van der Waals surface area contributed by atoms with Crippen molar-refractivity contribution in [1.82, 2.24) is 0 Å². The van der Waals surface area contributed by atoms with Gasteiger partial charge >= 0.3 is 6.09 Å². The zero-order valence-electron chi connectivity index (χ0n) is 17.5. The summed E-state index contributed by atoms with van der Waals surface area (Å²) in [6.07, 6.45) is -0.144. The van der Waals surface area contributed by atoms with Crippen LogP contribution in [0.15, 0.2) is 36.4 Å². The van der Waals surface area contributed by atoms with E-state index in [1.165, 1.54) is 30.3 Å². The van der Waals surface area contributed by atoms with Crippen LogP contribution in [0.4, 0.5) is 27.5 Å². The number of anilines is 2. The van der Waals surface area contributed by atoms with E-state index >= 15 is 0 Å². The third kappa shape index (κ3) is 7.27. The SMILES string of the molecule is CCC(C)(C)OC(=O)Nc1cc([N+](=O)[O-])ccc1C#N.N#Cc1ccc([N+](=O)[O-])cc1N. The van der Waals surface area contributed by atoms with Crippen molar-refractivity contribution >= 4 is 28.8 Å². The van der Waals surface area contributed by atoms with Gasteiger partial charge < -0.3 is 10.5 Å². The minimum Gasteiger partial charge on any atom is -0.443 e. The van der Waals surface area contributed by atoms with E-state index in [1.54, 1.807) is 13.8 Å². The lowest BCUT2D eigenvalue weighted by atomic mass is 10.1. The van der Waals surface area contributed by atoms with Gasteiger partial charge in [-0.3, -0.25) is 25.5 Å². The van der Waals surface area contributed by atoms with Crippen molar-refractivity contribution in [1.29, 1.82) is 10.5 Å². The molecule has 3 N–H and O–H groups in total. The molecule has 0 aromatic heterocycles. The number of nitro benzene ring substituents is 2. The van der Waals surface area contributed by atoms with Crippen molar-refractivity contribution in [2.75, 3.05) is 11.1 Å². The van der Waals surface area contributed by atoms with E-state index in [1.807, 2.05) is 19.1 Å². The summed E-state index contributed by atoms with van der Waals surface area (Å²) in [6.45, 7) is 5.35. The Kier molecular flexibility index (Phi) is 8.62. The first-order chi connectivity index (χ1) is 14.9. The summed E-state index contributed by atoms with van der Waals surface area (Å²) in [4.78, 5) is 31.5. The summed E-state index contributed by atoms with van der Waals surface area (Å²) in [5.74, 6) is 0. The average Bonchev–Trinajstić information content (AvgIpc) is 2.73. The number of hydrogen-bond donors (Lipinski definition) is 2. The maximum absolute atomic E-state index is 11.7. The van der Waals surface area contributed by atoms with Gasteiger partial charge in [0.25, 0.3) is 11.4 Å². The highest BCUT2D eigenvalue weighted by atomic mass is 16.6. The Balaban J connectivity index is 0.000000363. The van der Waals surface area contributed by atoms with Gasteiger partial charge in [0.1, 0.15) is 17.7 Å². The number of nitrogens with one attached hydrogen (secondary N) is 1. The molecule has 0 fully saturated rings. The van der Waals surface area contributed by atoms with E-state index in [4.69, 9.17) is 21.0 Å². The number of nitro groups is 2. The molecule has 2 rings (SSSR count). The minimum absolute atomic E-state index is 0.0543. The number of benzene rings is 2. The molecule has 0 aliphatic heterocycles. The summed E-state index contributed by atoms with van der Waals surface area (Å²) >= 11 is 0. The molecule has 0 spiro atoms. The predicted molar refractivity (Wildman–Crippen MR) is 115 cm³/mol. The molecular weight excluding hydrogens is 420 g/mol. The van der Waals surface area contributed by atoms with Crippen LogP contribution in [-0.2, 0) is 4.74 Å². The van der Waals surface area contributed by atoms with Crippen LogP contribution >= 0.6 is 0 Å². The number of nitrogens with two attached hydrogens (primary N) is 1. The standard InChI is InChI=1S/C13H15N3O4.C7H5N3O2/c1-4-13(2,3)20-12(17)15-11-7-10(16(18)19)6-5-9(11)8-14;8-4-5-1-2-6(10(11)12)3-7(5)9/h5-7H,4H2,1-3H3,(H,15,17);1-3H,9H2. The number of rotatable bonds is 5. The molecule has 166 valence electrons. The smallest absolute Gasteiger partial charge is 0.412 e. The molecule has 2 aromatic carbocycles. The van der Waals surface area contributed by atoms with Gasteiger partial charge in [0.05, 0.1) is 32.3 Å². The molecule has 0 saturated heterocycles. The first-order valence-electron chi connectivity index (χ1n) is 9.06. The second-order valence-electron chi connectivity index (χ2n) is 6.87. The summed E-state index contributed by atoms with van der Waals surface area (Å²) in [7, 11) is 0. The zero-order valence-corrected chi connectivity index (χ0v) is 17.5. The molecule has 12 heteroatoms. The molecule has 0 atom stereocenters. The summed E-state index contributed by atoms with van der Waals surface area (Å²) in [5.41, 5.74) is 4.93. The third-order valence-electron chi connectivity index (χ3n) is 4.16. The van der Waals surface area contributed by atoms with Crippen molar-refractivity contribution < 1.29 is 19.4 Å². The Hall–Kier alpha value is -4.71. The largest absolute Gasteiger partial charge is 0.443 e. The van der Waals surface area contributed by atoms with Crippen molar-refractivity contribution in [2.45, 2.75) is 32.8 Å². The number of carbonyl (C=O) groups excluding carboxylic acids is 1. The molecular formula is C20H20N6O6. The molecule has 0 radical (unpaired) electrons. The van der Waals surface area contributed by atoms with E-state index in [2.05, 4.69) is 5.32 Å². The van der Waals surface area contributed by atoms with E-state index in [9.17, 15) is 25.0 Å². The van der Waals surface area contributed by atoms with Crippen LogP contribution in [-0.4, -0.2) is 21.5 Å². The van der Waals surface area contributed by atoms with Crippen LogP contribution in [0, 0.1) is 42.9 Å². The monoisotopic (exact) mass is 440 g/mol. The van der Waals surface area contributed by atoms with E-state index in [0.29, 0.717) is 6.42 Å². The van der Waals surface area contributed by atoms with E-state index in [-0.39, 0.29) is 33.9 Å². The second-order valence-corrected chi connectivity index (χ2v) is 6.87. The van der Waals surface area contributed by atoms with Crippen LogP contribution in [0.2, 0.25) is 0 Å². The molecule has 0 saturated carbocycles. The highest BCUT2D eigenvalue weighted by Crippen LogP contribution is 2.23. The van der Waals surface area contributed by atoms with Crippen molar-refractivity contribution in [3.63, 3.8) is 0 Å². The van der Waals surface area contributed by atoms with Crippen molar-refractivity contribution in [2.24, 2.45) is 0 Å². The number of hydrogen-bond acceptors (Lipinski definition) is 9. The van der Waals surface area contributed by atoms with Crippen LogP contribution < -0.4 is 11.1 Å². The van der Waals surface area contributed by atoms with Gasteiger partial charge in [0.15, 0.2) is 0 Å². The van der Waals surface area contributed by atoms with Gasteiger partial charge in [0.2, 0.25) is 0 Å². The second kappa shape index (κ2) is 10.9. The Bertz CT molecular complexity index is 1120. The quantitative estimate of drug-likeness (QED) is 0.387. The van der Waals surface area contributed by atoms with E-state index in [0.717, 1.165) is 6.07 Å². The highest BCUT2D eigenvalue weighted by molar-refractivity contribution is 5.87. The minimum atomic E-state index is -0.756. The van der Waals surface area contributed by atoms with E-state index < -0.39 is 21.5 Å². The maximum Gasteiger partial charge on any atom is 0.412 e. The van der Waals surface area contributed by atoms with Gasteiger partial charge in [-0.2, -0.15) is 10.5 Å². The number of non-ortho nitro benzene ring substituents is 2. The predicted octanol–water partition coefficient (Wildman–Crippen LogP) is 4.25. The summed E-state index contributed by atoms with van der Waals surface area (Å²) < 4.78 is 5.16. The normalized spacial score (nSPS) is 9.91. The number of carbonyl (C=O) groups is 1. The number of nitrogens with zero attached hydrogens (tertiary/aromatic N) is 4. The molecule has 0 aliphatic carbocycles. The van der Waals surface area contributed by atoms with Crippen molar-refractivity contribution in [3.8, 4) is 12.1 Å². The summed E-state index contributed by atoms with van der Waals surface area (Å²) in [5, 5.41) is 40.6. The van der Waals surface area contributed by atoms with Crippen LogP contribution in [0.3, 0.4) is 0 Å². The molecule has 32 heavy (non-hydrogen) atoms. The van der Waals surface area contributed by atoms with Gasteiger partial charge in [-0.15, -0.1) is 0 Å². The zero-order chi connectivity index (χ0) is 24.5. The van der Waals surface area contributed by atoms with Gasteiger partial charge in [0, 0.05) is 24.3 Å². The van der Waals surface area contributed by atoms with Gasteiger partial charge in [-0.05, 0) is 32.4 Å². The van der Waals surface area contributed by atoms with Crippen molar-refractivity contribution in [3.05, 3.63) is 67.8 Å². The van der Waals surface area contributed by atoms with Gasteiger partial charge in [-0.1, -0.05) is 6.92 Å². The van der Waals surface area contributed by atoms with Crippen LogP contribution in [0.5, 0.6) is 0 Å². The molecule has 2 aromatic rings.